The summed E-state index contributed by atoms with van der Waals surface area (Å²) in [6.45, 7) is 4.27. The Balaban J connectivity index is 2.21. The first-order valence-corrected chi connectivity index (χ1v) is 6.24. The predicted octanol–water partition coefficient (Wildman–Crippen LogP) is 2.27. The molecule has 1 fully saturated rings. The van der Waals surface area contributed by atoms with E-state index in [1.165, 1.54) is 19.3 Å². The van der Waals surface area contributed by atoms with E-state index in [0.717, 1.165) is 18.5 Å². The van der Waals surface area contributed by atoms with Crippen LogP contribution in [0, 0.1) is 0 Å². The van der Waals surface area contributed by atoms with Crippen molar-refractivity contribution in [3.05, 3.63) is 0 Å². The van der Waals surface area contributed by atoms with Crippen molar-refractivity contribution in [1.29, 1.82) is 0 Å². The summed E-state index contributed by atoms with van der Waals surface area (Å²) >= 11 is 3.50. The van der Waals surface area contributed by atoms with Crippen molar-refractivity contribution in [2.24, 2.45) is 0 Å². The quantitative estimate of drug-likeness (QED) is 0.710. The van der Waals surface area contributed by atoms with E-state index in [1.54, 1.807) is 0 Å². The maximum Gasteiger partial charge on any atom is 0.0702 e. The zero-order valence-electron chi connectivity index (χ0n) is 8.63. The predicted molar refractivity (Wildman–Crippen MR) is 59.5 cm³/mol. The largest absolute Gasteiger partial charge is 0.377 e. The van der Waals surface area contributed by atoms with Gasteiger partial charge < -0.3 is 9.64 Å². The summed E-state index contributed by atoms with van der Waals surface area (Å²) in [5, 5.41) is 1.04. The van der Waals surface area contributed by atoms with Crippen molar-refractivity contribution in [2.45, 2.75) is 38.3 Å². The van der Waals surface area contributed by atoms with Crippen LogP contribution in [0.25, 0.3) is 0 Å². The summed E-state index contributed by atoms with van der Waals surface area (Å²) in [6.07, 6.45) is 4.29. The van der Waals surface area contributed by atoms with E-state index in [-0.39, 0.29) is 0 Å². The van der Waals surface area contributed by atoms with E-state index in [9.17, 15) is 0 Å². The van der Waals surface area contributed by atoms with Crippen LogP contribution < -0.4 is 0 Å². The van der Waals surface area contributed by atoms with Crippen LogP contribution in [0.5, 0.6) is 0 Å². The highest BCUT2D eigenvalue weighted by molar-refractivity contribution is 9.09. The number of nitrogens with zero attached hydrogens (tertiary/aromatic N) is 1. The molecule has 2 atom stereocenters. The zero-order valence-corrected chi connectivity index (χ0v) is 10.2. The molecule has 0 N–H and O–H groups in total. The van der Waals surface area contributed by atoms with Gasteiger partial charge >= 0.3 is 0 Å². The molecule has 3 heteroatoms. The Morgan fingerprint density at radius 3 is 2.85 bits per heavy atom. The molecule has 2 nitrogen and oxygen atoms in total. The van der Waals surface area contributed by atoms with E-state index < -0.39 is 0 Å². The Morgan fingerprint density at radius 2 is 2.31 bits per heavy atom. The Morgan fingerprint density at radius 1 is 1.54 bits per heavy atom. The van der Waals surface area contributed by atoms with Crippen LogP contribution in [0.4, 0.5) is 0 Å². The molecule has 1 aliphatic rings. The third-order valence-electron chi connectivity index (χ3n) is 2.74. The van der Waals surface area contributed by atoms with E-state index >= 15 is 0 Å². The lowest BCUT2D eigenvalue weighted by Gasteiger charge is -2.30. The van der Waals surface area contributed by atoms with E-state index in [1.807, 2.05) is 0 Å². The maximum atomic E-state index is 5.69. The van der Waals surface area contributed by atoms with Crippen molar-refractivity contribution >= 4 is 15.9 Å². The minimum Gasteiger partial charge on any atom is -0.377 e. The second-order valence-corrected chi connectivity index (χ2v) is 4.58. The van der Waals surface area contributed by atoms with Gasteiger partial charge in [-0.15, -0.1) is 0 Å². The Labute approximate surface area is 89.8 Å². The van der Waals surface area contributed by atoms with Crippen LogP contribution in [-0.4, -0.2) is 42.6 Å². The molecule has 0 aliphatic carbocycles. The second kappa shape index (κ2) is 5.99. The number of ether oxygens (including phenoxy) is 1. The van der Waals surface area contributed by atoms with Gasteiger partial charge in [-0.25, -0.2) is 0 Å². The monoisotopic (exact) mass is 249 g/mol. The first kappa shape index (κ1) is 11.5. The number of halogens is 1. The normalized spacial score (nSPS) is 26.3. The summed E-state index contributed by atoms with van der Waals surface area (Å²) in [5.74, 6) is 0. The van der Waals surface area contributed by atoms with Crippen LogP contribution in [0.2, 0.25) is 0 Å². The van der Waals surface area contributed by atoms with Crippen LogP contribution in [0.3, 0.4) is 0 Å². The SMILES string of the molecule is CC(CBr)N(C)CC1CCCCO1. The molecule has 0 radical (unpaired) electrons. The van der Waals surface area contributed by atoms with Gasteiger partial charge in [-0.1, -0.05) is 15.9 Å². The number of hydrogen-bond acceptors (Lipinski definition) is 2. The molecule has 2 unspecified atom stereocenters. The number of rotatable bonds is 4. The van der Waals surface area contributed by atoms with Gasteiger partial charge in [0.2, 0.25) is 0 Å². The Bertz CT molecular complexity index is 137. The van der Waals surface area contributed by atoms with Gasteiger partial charge in [0.05, 0.1) is 6.10 Å². The molecule has 78 valence electrons. The van der Waals surface area contributed by atoms with Crippen LogP contribution in [0.1, 0.15) is 26.2 Å². The number of hydrogen-bond donors (Lipinski definition) is 0. The summed E-state index contributed by atoms with van der Waals surface area (Å²) in [6, 6.07) is 0.602. The van der Waals surface area contributed by atoms with E-state index in [4.69, 9.17) is 4.74 Å². The van der Waals surface area contributed by atoms with Crippen molar-refractivity contribution in [2.75, 3.05) is 25.5 Å². The third kappa shape index (κ3) is 3.96. The molecule has 0 amide bonds. The van der Waals surface area contributed by atoms with Gasteiger partial charge in [0, 0.05) is 24.5 Å². The van der Waals surface area contributed by atoms with Crippen molar-refractivity contribution in [3.8, 4) is 0 Å². The fraction of sp³-hybridized carbons (Fsp3) is 1.00. The molecular weight excluding hydrogens is 230 g/mol. The molecule has 1 aliphatic heterocycles. The molecule has 0 aromatic carbocycles. The average molecular weight is 250 g/mol. The summed E-state index contributed by atoms with van der Waals surface area (Å²) in [4.78, 5) is 2.37. The molecule has 0 aromatic rings. The number of likely N-dealkylation sites (N-methyl/N-ethyl adjacent to an activating group) is 1. The molecule has 0 spiro atoms. The van der Waals surface area contributed by atoms with Gasteiger partial charge in [0.25, 0.3) is 0 Å². The topological polar surface area (TPSA) is 12.5 Å². The number of alkyl halides is 1. The van der Waals surface area contributed by atoms with Crippen LogP contribution in [0.15, 0.2) is 0 Å². The zero-order chi connectivity index (χ0) is 9.68. The lowest BCUT2D eigenvalue weighted by molar-refractivity contribution is -0.00550. The Hall–Kier alpha value is 0.400. The van der Waals surface area contributed by atoms with Gasteiger partial charge in [-0.3, -0.25) is 0 Å². The fourth-order valence-electron chi connectivity index (χ4n) is 1.57. The second-order valence-electron chi connectivity index (χ2n) is 3.93. The average Bonchev–Trinajstić information content (AvgIpc) is 2.18. The first-order chi connectivity index (χ1) is 6.24. The lowest BCUT2D eigenvalue weighted by Crippen LogP contribution is -2.39. The summed E-state index contributed by atoms with van der Waals surface area (Å²) < 4.78 is 5.69. The standard InChI is InChI=1S/C10H20BrNO/c1-9(7-11)12(2)8-10-5-3-4-6-13-10/h9-10H,3-8H2,1-2H3. The highest BCUT2D eigenvalue weighted by Gasteiger charge is 2.17. The van der Waals surface area contributed by atoms with Gasteiger partial charge in [0.1, 0.15) is 0 Å². The highest BCUT2D eigenvalue weighted by Crippen LogP contribution is 2.14. The molecule has 0 bridgehead atoms. The van der Waals surface area contributed by atoms with Crippen LogP contribution in [-0.2, 0) is 4.74 Å². The molecule has 0 saturated carbocycles. The van der Waals surface area contributed by atoms with Crippen molar-refractivity contribution in [3.63, 3.8) is 0 Å². The van der Waals surface area contributed by atoms with E-state index in [0.29, 0.717) is 12.1 Å². The first-order valence-electron chi connectivity index (χ1n) is 5.12. The van der Waals surface area contributed by atoms with E-state index in [2.05, 4.69) is 34.8 Å². The highest BCUT2D eigenvalue weighted by atomic mass is 79.9. The van der Waals surface area contributed by atoms with Crippen molar-refractivity contribution < 1.29 is 4.74 Å². The third-order valence-corrected chi connectivity index (χ3v) is 3.68. The summed E-state index contributed by atoms with van der Waals surface area (Å²) in [5.41, 5.74) is 0. The molecular formula is C10H20BrNO. The van der Waals surface area contributed by atoms with Gasteiger partial charge in [-0.05, 0) is 33.2 Å². The molecule has 1 saturated heterocycles. The molecule has 1 heterocycles. The van der Waals surface area contributed by atoms with Gasteiger partial charge in [0.15, 0.2) is 0 Å². The summed E-state index contributed by atoms with van der Waals surface area (Å²) in [7, 11) is 2.17. The minimum atomic E-state index is 0.472. The minimum absolute atomic E-state index is 0.472. The lowest BCUT2D eigenvalue weighted by atomic mass is 10.1. The molecule has 13 heavy (non-hydrogen) atoms. The smallest absolute Gasteiger partial charge is 0.0702 e. The fourth-order valence-corrected chi connectivity index (χ4v) is 2.06. The molecule has 1 rings (SSSR count). The van der Waals surface area contributed by atoms with Gasteiger partial charge in [-0.2, -0.15) is 0 Å². The van der Waals surface area contributed by atoms with Crippen molar-refractivity contribution in [1.82, 2.24) is 4.90 Å². The maximum absolute atomic E-state index is 5.69. The molecule has 0 aromatic heterocycles. The van der Waals surface area contributed by atoms with Crippen LogP contribution >= 0.6 is 15.9 Å². The Kier molecular flexibility index (Phi) is 5.29.